The first kappa shape index (κ1) is 17.9. The fraction of sp³-hybridized carbons (Fsp3) is 0.238. The summed E-state index contributed by atoms with van der Waals surface area (Å²) in [5.74, 6) is 0.451. The lowest BCUT2D eigenvalue weighted by molar-refractivity contribution is -0.135. The van der Waals surface area contributed by atoms with Gasteiger partial charge in [0.1, 0.15) is 5.75 Å². The zero-order valence-electron chi connectivity index (χ0n) is 15.7. The molecular formula is C21H19NO6. The van der Waals surface area contributed by atoms with E-state index in [9.17, 15) is 9.59 Å². The molecule has 0 saturated carbocycles. The van der Waals surface area contributed by atoms with Crippen LogP contribution in [0.4, 0.5) is 0 Å². The molecular weight excluding hydrogens is 362 g/mol. The number of aromatic amines is 1. The minimum absolute atomic E-state index is 0.0142. The minimum atomic E-state index is -0.542. The zero-order valence-corrected chi connectivity index (χ0v) is 15.7. The Balaban J connectivity index is 2.00. The maximum Gasteiger partial charge on any atom is 0.312 e. The molecule has 0 saturated heterocycles. The Labute approximate surface area is 160 Å². The average Bonchev–Trinajstić information content (AvgIpc) is 2.70. The van der Waals surface area contributed by atoms with E-state index in [1.54, 1.807) is 12.1 Å². The molecule has 0 spiro atoms. The highest BCUT2D eigenvalue weighted by atomic mass is 16.5. The normalized spacial score (nSPS) is 15.7. The van der Waals surface area contributed by atoms with Crippen molar-refractivity contribution in [3.05, 3.63) is 57.9 Å². The number of fused-ring (bicyclic) bond motifs is 2. The van der Waals surface area contributed by atoms with Gasteiger partial charge in [-0.2, -0.15) is 0 Å². The van der Waals surface area contributed by atoms with E-state index in [0.29, 0.717) is 34.1 Å². The fourth-order valence-electron chi connectivity index (χ4n) is 3.69. The highest BCUT2D eigenvalue weighted by Gasteiger charge is 2.36. The topological polar surface area (TPSA) is 86.9 Å². The van der Waals surface area contributed by atoms with Gasteiger partial charge in [0.2, 0.25) is 5.75 Å². The van der Waals surface area contributed by atoms with Gasteiger partial charge in [-0.1, -0.05) is 18.2 Å². The molecule has 1 aliphatic heterocycles. The van der Waals surface area contributed by atoms with E-state index < -0.39 is 11.9 Å². The number of para-hydroxylation sites is 1. The maximum absolute atomic E-state index is 12.8. The van der Waals surface area contributed by atoms with Gasteiger partial charge in [-0.15, -0.1) is 0 Å². The van der Waals surface area contributed by atoms with Gasteiger partial charge in [0.15, 0.2) is 11.5 Å². The van der Waals surface area contributed by atoms with Crippen LogP contribution in [0.1, 0.15) is 23.5 Å². The first-order chi connectivity index (χ1) is 13.6. The van der Waals surface area contributed by atoms with Crippen molar-refractivity contribution in [3.8, 4) is 23.0 Å². The SMILES string of the molecule is COc1cc2c(c(OC)c1OC)[C@H](c1cc3ccccc3[nH]c1=O)CC(=O)O2. The molecule has 0 unspecified atom stereocenters. The third-order valence-electron chi connectivity index (χ3n) is 4.93. The molecule has 0 radical (unpaired) electrons. The van der Waals surface area contributed by atoms with Crippen LogP contribution in [0.3, 0.4) is 0 Å². The van der Waals surface area contributed by atoms with Gasteiger partial charge in [-0.05, 0) is 17.5 Å². The first-order valence-electron chi connectivity index (χ1n) is 8.72. The molecule has 0 bridgehead atoms. The van der Waals surface area contributed by atoms with Crippen molar-refractivity contribution in [2.75, 3.05) is 21.3 Å². The van der Waals surface area contributed by atoms with Gasteiger partial charge in [0.05, 0.1) is 27.8 Å². The molecule has 1 aliphatic rings. The Morgan fingerprint density at radius 1 is 1.00 bits per heavy atom. The maximum atomic E-state index is 12.8. The number of carbonyl (C=O) groups excluding carboxylic acids is 1. The minimum Gasteiger partial charge on any atom is -0.493 e. The van der Waals surface area contributed by atoms with Crippen molar-refractivity contribution in [1.82, 2.24) is 4.98 Å². The summed E-state index contributed by atoms with van der Waals surface area (Å²) in [7, 11) is 4.48. The zero-order chi connectivity index (χ0) is 19.8. The molecule has 1 aromatic heterocycles. The van der Waals surface area contributed by atoms with Gasteiger partial charge < -0.3 is 23.9 Å². The number of esters is 1. The van der Waals surface area contributed by atoms with E-state index >= 15 is 0 Å². The van der Waals surface area contributed by atoms with Crippen LogP contribution in [0.5, 0.6) is 23.0 Å². The third kappa shape index (κ3) is 2.76. The van der Waals surface area contributed by atoms with Crippen molar-refractivity contribution in [2.24, 2.45) is 0 Å². The molecule has 4 rings (SSSR count). The Bertz CT molecular complexity index is 1130. The van der Waals surface area contributed by atoms with Crippen LogP contribution < -0.4 is 24.5 Å². The quantitative estimate of drug-likeness (QED) is 0.552. The van der Waals surface area contributed by atoms with Crippen molar-refractivity contribution in [2.45, 2.75) is 12.3 Å². The lowest BCUT2D eigenvalue weighted by Crippen LogP contribution is -2.26. The number of H-pyrrole nitrogens is 1. The molecule has 28 heavy (non-hydrogen) atoms. The number of methoxy groups -OCH3 is 3. The van der Waals surface area contributed by atoms with Crippen LogP contribution >= 0.6 is 0 Å². The Hall–Kier alpha value is -3.48. The molecule has 1 atom stereocenters. The van der Waals surface area contributed by atoms with Crippen molar-refractivity contribution < 1.29 is 23.7 Å². The van der Waals surface area contributed by atoms with Crippen LogP contribution in [0, 0.1) is 0 Å². The smallest absolute Gasteiger partial charge is 0.312 e. The first-order valence-corrected chi connectivity index (χ1v) is 8.72. The van der Waals surface area contributed by atoms with Crippen LogP contribution in [0.15, 0.2) is 41.2 Å². The summed E-state index contributed by atoms with van der Waals surface area (Å²) in [6.07, 6.45) is 0.0142. The standard InChI is InChI=1S/C21H19NO6/c1-25-16-10-15-18(20(27-3)19(16)26-2)12(9-17(23)28-15)13-8-11-6-4-5-7-14(11)22-21(13)24/h4-8,10,12H,9H2,1-3H3,(H,22,24)/t12-/m0/s1. The summed E-state index contributed by atoms with van der Waals surface area (Å²) in [6.45, 7) is 0. The van der Waals surface area contributed by atoms with E-state index in [1.165, 1.54) is 21.3 Å². The van der Waals surface area contributed by atoms with Crippen molar-refractivity contribution in [3.63, 3.8) is 0 Å². The second kappa shape index (κ2) is 6.92. The van der Waals surface area contributed by atoms with E-state index in [4.69, 9.17) is 18.9 Å². The average molecular weight is 381 g/mol. The Kier molecular flexibility index (Phi) is 4.43. The largest absolute Gasteiger partial charge is 0.493 e. The predicted octanol–water partition coefficient (Wildman–Crippen LogP) is 2.99. The van der Waals surface area contributed by atoms with Gasteiger partial charge in [0, 0.05) is 28.6 Å². The number of carbonyl (C=O) groups is 1. The summed E-state index contributed by atoms with van der Waals surface area (Å²) < 4.78 is 21.8. The summed E-state index contributed by atoms with van der Waals surface area (Å²) in [5, 5.41) is 0.872. The van der Waals surface area contributed by atoms with Crippen LogP contribution in [0.2, 0.25) is 0 Å². The number of benzene rings is 2. The number of pyridine rings is 1. The number of nitrogens with one attached hydrogen (secondary N) is 1. The predicted molar refractivity (Wildman–Crippen MR) is 103 cm³/mol. The molecule has 1 N–H and O–H groups in total. The van der Waals surface area contributed by atoms with Crippen LogP contribution in [0.25, 0.3) is 10.9 Å². The fourth-order valence-corrected chi connectivity index (χ4v) is 3.69. The highest BCUT2D eigenvalue weighted by Crippen LogP contribution is 2.51. The Morgan fingerprint density at radius 2 is 1.75 bits per heavy atom. The summed E-state index contributed by atoms with van der Waals surface area (Å²) in [4.78, 5) is 28.0. The van der Waals surface area contributed by atoms with E-state index in [-0.39, 0.29) is 12.0 Å². The summed E-state index contributed by atoms with van der Waals surface area (Å²) in [5.41, 5.74) is 1.51. The van der Waals surface area contributed by atoms with Gasteiger partial charge in [0.25, 0.3) is 5.56 Å². The molecule has 3 aromatic rings. The second-order valence-electron chi connectivity index (χ2n) is 6.43. The summed E-state index contributed by atoms with van der Waals surface area (Å²) >= 11 is 0. The lowest BCUT2D eigenvalue weighted by atomic mass is 9.85. The number of hydrogen-bond acceptors (Lipinski definition) is 6. The summed E-state index contributed by atoms with van der Waals surface area (Å²) in [6, 6.07) is 10.9. The molecule has 0 amide bonds. The van der Waals surface area contributed by atoms with Gasteiger partial charge >= 0.3 is 5.97 Å². The van der Waals surface area contributed by atoms with E-state index in [0.717, 1.165) is 10.9 Å². The molecule has 144 valence electrons. The lowest BCUT2D eigenvalue weighted by Gasteiger charge is -2.28. The van der Waals surface area contributed by atoms with Gasteiger partial charge in [-0.3, -0.25) is 9.59 Å². The number of ether oxygens (including phenoxy) is 4. The van der Waals surface area contributed by atoms with Crippen molar-refractivity contribution >= 4 is 16.9 Å². The van der Waals surface area contributed by atoms with E-state index in [2.05, 4.69) is 4.98 Å². The van der Waals surface area contributed by atoms with Crippen LogP contribution in [-0.4, -0.2) is 32.3 Å². The Morgan fingerprint density at radius 3 is 2.46 bits per heavy atom. The van der Waals surface area contributed by atoms with Crippen molar-refractivity contribution in [1.29, 1.82) is 0 Å². The molecule has 0 aliphatic carbocycles. The van der Waals surface area contributed by atoms with Gasteiger partial charge in [-0.25, -0.2) is 0 Å². The number of aromatic nitrogens is 1. The molecule has 7 nitrogen and oxygen atoms in total. The number of hydrogen-bond donors (Lipinski definition) is 1. The monoisotopic (exact) mass is 381 g/mol. The molecule has 7 heteroatoms. The third-order valence-corrected chi connectivity index (χ3v) is 4.93. The van der Waals surface area contributed by atoms with E-state index in [1.807, 2.05) is 24.3 Å². The molecule has 2 heterocycles. The molecule has 2 aromatic carbocycles. The molecule has 0 fully saturated rings. The highest BCUT2D eigenvalue weighted by molar-refractivity contribution is 5.83. The second-order valence-corrected chi connectivity index (χ2v) is 6.43. The van der Waals surface area contributed by atoms with Crippen LogP contribution in [-0.2, 0) is 4.79 Å². The number of rotatable bonds is 4.